The van der Waals surface area contributed by atoms with Gasteiger partial charge in [-0.1, -0.05) is 35.9 Å². The van der Waals surface area contributed by atoms with Crippen LogP contribution in [0, 0.1) is 13.8 Å². The van der Waals surface area contributed by atoms with Crippen LogP contribution in [0.25, 0.3) is 0 Å². The fraction of sp³-hybridized carbons (Fsp3) is 0.294. The molecule has 0 saturated carbocycles. The zero-order valence-electron chi connectivity index (χ0n) is 12.5. The lowest BCUT2D eigenvalue weighted by atomic mass is 10.2. The molecule has 1 unspecified atom stereocenters. The van der Waals surface area contributed by atoms with Gasteiger partial charge in [0.05, 0.1) is 16.6 Å². The molecule has 0 spiro atoms. The van der Waals surface area contributed by atoms with E-state index >= 15 is 0 Å². The first-order valence-electron chi connectivity index (χ1n) is 6.98. The maximum absolute atomic E-state index is 12.3. The van der Waals surface area contributed by atoms with E-state index in [9.17, 15) is 4.21 Å². The predicted octanol–water partition coefficient (Wildman–Crippen LogP) is 2.95. The second-order valence-corrected chi connectivity index (χ2v) is 6.52. The summed E-state index contributed by atoms with van der Waals surface area (Å²) in [6, 6.07) is 13.7. The van der Waals surface area contributed by atoms with Crippen LogP contribution in [0.2, 0.25) is 0 Å². The number of hydrogen-bond acceptors (Lipinski definition) is 3. The number of benzene rings is 2. The van der Waals surface area contributed by atoms with Gasteiger partial charge >= 0.3 is 0 Å². The van der Waals surface area contributed by atoms with Gasteiger partial charge in [0.1, 0.15) is 12.4 Å². The number of hydrogen-bond donors (Lipinski definition) is 1. The van der Waals surface area contributed by atoms with Gasteiger partial charge in [0.25, 0.3) is 0 Å². The predicted molar refractivity (Wildman–Crippen MR) is 87.0 cm³/mol. The fourth-order valence-electron chi connectivity index (χ4n) is 2.21. The summed E-state index contributed by atoms with van der Waals surface area (Å²) in [5.74, 6) is 1.25. The SMILES string of the molecule is Cc1ccc(S(=O)CCOc2ccccc2CN)c(C)c1. The van der Waals surface area contributed by atoms with Gasteiger partial charge in [-0.2, -0.15) is 0 Å². The zero-order chi connectivity index (χ0) is 15.2. The Balaban J connectivity index is 1.95. The van der Waals surface area contributed by atoms with Crippen LogP contribution < -0.4 is 10.5 Å². The number of nitrogens with two attached hydrogens (primary N) is 1. The first-order valence-corrected chi connectivity index (χ1v) is 8.30. The summed E-state index contributed by atoms with van der Waals surface area (Å²) in [5.41, 5.74) is 8.88. The average Bonchev–Trinajstić information content (AvgIpc) is 2.47. The van der Waals surface area contributed by atoms with Crippen molar-refractivity contribution in [1.29, 1.82) is 0 Å². The van der Waals surface area contributed by atoms with Crippen LogP contribution in [0.5, 0.6) is 5.75 Å². The van der Waals surface area contributed by atoms with Crippen LogP contribution in [-0.2, 0) is 17.3 Å². The molecule has 2 aromatic rings. The van der Waals surface area contributed by atoms with Crippen molar-refractivity contribution >= 4 is 10.8 Å². The molecule has 0 bridgehead atoms. The minimum atomic E-state index is -1.04. The number of para-hydroxylation sites is 1. The Hall–Kier alpha value is -1.65. The lowest BCUT2D eigenvalue weighted by Gasteiger charge is -2.11. The molecule has 2 rings (SSSR count). The van der Waals surface area contributed by atoms with E-state index in [-0.39, 0.29) is 0 Å². The summed E-state index contributed by atoms with van der Waals surface area (Å²) < 4.78 is 18.0. The smallest absolute Gasteiger partial charge is 0.123 e. The van der Waals surface area contributed by atoms with Crippen molar-refractivity contribution < 1.29 is 8.95 Å². The Kier molecular flexibility index (Phi) is 5.53. The van der Waals surface area contributed by atoms with E-state index in [0.717, 1.165) is 21.8 Å². The molecule has 112 valence electrons. The first-order chi connectivity index (χ1) is 10.1. The molecular weight excluding hydrogens is 282 g/mol. The molecule has 0 aliphatic rings. The number of rotatable bonds is 6. The maximum atomic E-state index is 12.3. The zero-order valence-corrected chi connectivity index (χ0v) is 13.3. The number of ether oxygens (including phenoxy) is 1. The molecule has 0 aliphatic heterocycles. The second-order valence-electron chi connectivity index (χ2n) is 4.98. The molecule has 2 aromatic carbocycles. The molecule has 0 heterocycles. The van der Waals surface area contributed by atoms with Gasteiger partial charge in [-0.3, -0.25) is 4.21 Å². The van der Waals surface area contributed by atoms with Gasteiger partial charge in [0.2, 0.25) is 0 Å². The average molecular weight is 303 g/mol. The molecule has 0 aliphatic carbocycles. The van der Waals surface area contributed by atoms with Gasteiger partial charge in [0, 0.05) is 17.0 Å². The topological polar surface area (TPSA) is 52.3 Å². The Morgan fingerprint density at radius 3 is 2.62 bits per heavy atom. The normalized spacial score (nSPS) is 12.1. The fourth-order valence-corrected chi connectivity index (χ4v) is 3.30. The Morgan fingerprint density at radius 1 is 1.14 bits per heavy atom. The van der Waals surface area contributed by atoms with Gasteiger partial charge in [-0.05, 0) is 31.5 Å². The van der Waals surface area contributed by atoms with E-state index in [1.807, 2.05) is 50.2 Å². The Labute approximate surface area is 128 Å². The summed E-state index contributed by atoms with van der Waals surface area (Å²) in [4.78, 5) is 0.885. The van der Waals surface area contributed by atoms with Crippen molar-refractivity contribution in [2.45, 2.75) is 25.3 Å². The molecule has 0 radical (unpaired) electrons. The van der Waals surface area contributed by atoms with Crippen molar-refractivity contribution in [1.82, 2.24) is 0 Å². The van der Waals surface area contributed by atoms with Crippen molar-refractivity contribution in [2.75, 3.05) is 12.4 Å². The minimum absolute atomic E-state index is 0.414. The third kappa shape index (κ3) is 4.16. The standard InChI is InChI=1S/C17H21NO2S/c1-13-7-8-17(14(2)11-13)21(19)10-9-20-16-6-4-3-5-15(16)12-18/h3-8,11H,9-10,12,18H2,1-2H3. The van der Waals surface area contributed by atoms with Crippen LogP contribution in [-0.4, -0.2) is 16.6 Å². The largest absolute Gasteiger partial charge is 0.492 e. The van der Waals surface area contributed by atoms with Crippen LogP contribution in [0.15, 0.2) is 47.4 Å². The highest BCUT2D eigenvalue weighted by Crippen LogP contribution is 2.18. The van der Waals surface area contributed by atoms with Crippen LogP contribution >= 0.6 is 0 Å². The van der Waals surface area contributed by atoms with Crippen LogP contribution in [0.1, 0.15) is 16.7 Å². The van der Waals surface area contributed by atoms with Crippen LogP contribution in [0.4, 0.5) is 0 Å². The van der Waals surface area contributed by atoms with E-state index < -0.39 is 10.8 Å². The molecular formula is C17H21NO2S. The molecule has 21 heavy (non-hydrogen) atoms. The molecule has 2 N–H and O–H groups in total. The molecule has 1 atom stereocenters. The van der Waals surface area contributed by atoms with Crippen molar-refractivity contribution in [3.8, 4) is 5.75 Å². The van der Waals surface area contributed by atoms with Gasteiger partial charge in [-0.15, -0.1) is 0 Å². The second kappa shape index (κ2) is 7.38. The molecule has 3 nitrogen and oxygen atoms in total. The summed E-state index contributed by atoms with van der Waals surface area (Å²) in [6.45, 7) is 4.88. The Bertz CT molecular complexity index is 640. The Morgan fingerprint density at radius 2 is 1.90 bits per heavy atom. The van der Waals surface area contributed by atoms with Crippen LogP contribution in [0.3, 0.4) is 0 Å². The highest BCUT2D eigenvalue weighted by Gasteiger charge is 2.08. The van der Waals surface area contributed by atoms with E-state index in [1.165, 1.54) is 5.56 Å². The quantitative estimate of drug-likeness (QED) is 0.892. The summed E-state index contributed by atoms with van der Waals surface area (Å²) in [7, 11) is -1.04. The third-order valence-electron chi connectivity index (χ3n) is 3.29. The lowest BCUT2D eigenvalue weighted by molar-refractivity contribution is 0.339. The summed E-state index contributed by atoms with van der Waals surface area (Å²) in [5, 5.41) is 0. The van der Waals surface area contributed by atoms with Gasteiger partial charge in [0.15, 0.2) is 0 Å². The molecule has 0 fully saturated rings. The maximum Gasteiger partial charge on any atom is 0.123 e. The van der Waals surface area contributed by atoms with Crippen molar-refractivity contribution in [3.63, 3.8) is 0 Å². The van der Waals surface area contributed by atoms with Gasteiger partial charge in [-0.25, -0.2) is 0 Å². The van der Waals surface area contributed by atoms with E-state index in [4.69, 9.17) is 10.5 Å². The molecule has 0 amide bonds. The monoisotopic (exact) mass is 303 g/mol. The van der Waals surface area contributed by atoms with Gasteiger partial charge < -0.3 is 10.5 Å². The minimum Gasteiger partial charge on any atom is -0.492 e. The van der Waals surface area contributed by atoms with Crippen molar-refractivity contribution in [2.24, 2.45) is 5.73 Å². The van der Waals surface area contributed by atoms with Crippen molar-refractivity contribution in [3.05, 3.63) is 59.2 Å². The molecule has 0 saturated heterocycles. The molecule has 0 aromatic heterocycles. The number of aryl methyl sites for hydroxylation is 2. The van der Waals surface area contributed by atoms with E-state index in [1.54, 1.807) is 0 Å². The molecule has 4 heteroatoms. The summed E-state index contributed by atoms with van der Waals surface area (Å²) >= 11 is 0. The lowest BCUT2D eigenvalue weighted by Crippen LogP contribution is -2.11. The summed E-state index contributed by atoms with van der Waals surface area (Å²) in [6.07, 6.45) is 0. The van der Waals surface area contributed by atoms with E-state index in [2.05, 4.69) is 6.07 Å². The third-order valence-corrected chi connectivity index (χ3v) is 4.78. The first kappa shape index (κ1) is 15.7. The highest BCUT2D eigenvalue weighted by atomic mass is 32.2. The van der Waals surface area contributed by atoms with E-state index in [0.29, 0.717) is 18.9 Å². The highest BCUT2D eigenvalue weighted by molar-refractivity contribution is 7.85.